The largest absolute Gasteiger partial charge is 0.480 e. The number of hydrogen-bond acceptors (Lipinski definition) is 12. The highest BCUT2D eigenvalue weighted by atomic mass is 16.5. The van der Waals surface area contributed by atoms with E-state index < -0.39 is 108 Å². The second-order valence-electron chi connectivity index (χ2n) is 18.4. The molecular formula is C50H76N10O12. The quantitative estimate of drug-likeness (QED) is 0.0292. The van der Waals surface area contributed by atoms with Crippen molar-refractivity contribution in [2.75, 3.05) is 27.8 Å². The smallest absolute Gasteiger partial charge is 0.328 e. The van der Waals surface area contributed by atoms with Crippen LogP contribution in [0.4, 0.5) is 0 Å². The van der Waals surface area contributed by atoms with Gasteiger partial charge in [0, 0.05) is 33.0 Å². The van der Waals surface area contributed by atoms with Crippen molar-refractivity contribution in [3.8, 4) is 0 Å². The third-order valence-corrected chi connectivity index (χ3v) is 12.1. The minimum absolute atomic E-state index is 0.0153. The fraction of sp³-hybridized carbons (Fsp3) is 0.560. The number of esters is 1. The fourth-order valence-corrected chi connectivity index (χ4v) is 7.59. The minimum Gasteiger partial charge on any atom is -0.480 e. The third-order valence-electron chi connectivity index (χ3n) is 12.1. The Kier molecular flexibility index (Phi) is 25.4. The molecule has 1 aliphatic rings. The van der Waals surface area contributed by atoms with Crippen molar-refractivity contribution < 1.29 is 57.7 Å². The van der Waals surface area contributed by atoms with E-state index in [0.717, 1.165) is 23.1 Å². The Morgan fingerprint density at radius 2 is 1.47 bits per heavy atom. The van der Waals surface area contributed by atoms with Gasteiger partial charge in [-0.3, -0.25) is 38.6 Å². The minimum atomic E-state index is -1.87. The second-order valence-corrected chi connectivity index (χ2v) is 18.4. The van der Waals surface area contributed by atoms with Crippen LogP contribution >= 0.6 is 0 Å². The van der Waals surface area contributed by atoms with Crippen LogP contribution in [-0.4, -0.2) is 139 Å². The first kappa shape index (κ1) is 61.0. The maximum atomic E-state index is 14.4. The summed E-state index contributed by atoms with van der Waals surface area (Å²) in [6, 6.07) is 1.37. The van der Waals surface area contributed by atoms with Crippen LogP contribution in [0.1, 0.15) is 86.1 Å². The lowest BCUT2D eigenvalue weighted by molar-refractivity contribution is -0.147. The Hall–Kier alpha value is -7.10. The predicted octanol–water partition coefficient (Wildman–Crippen LogP) is 0.707. The molecule has 11 N–H and O–H groups in total. The van der Waals surface area contributed by atoms with E-state index in [9.17, 15) is 48.3 Å². The number of nitrogens with zero attached hydrogens (tertiary/aromatic N) is 2. The Bertz CT molecular complexity index is 2180. The standard InChI is InChI=1S/C50H76N10O12/c1-27(2)24-38-47(67)59-41(48(68)69)31(6)43(63)56-36(18-15-23-53-50(51)52)46(66)55-35(20-19-28(3)25-29(4)39(71-10)26-34-16-13-12-14-17-34)30(5)42(62)57-37(49(70)72-11)21-22-40(61)60(9)33(8)45(65)54-32(7)44(64)58-38/h12-14,16-17,19-20,25,27,29-32,35-39,41H,8,15,18,21-24,26H2,1-7,9-11H3,(H,54,65)(H,55,66)(H,56,63)(H,57,62)(H,58,64)(H,59,67)(H,68,69)(H4,51,52,53). The number of carboxylic acids is 1. The number of aliphatic carboxylic acids is 1. The van der Waals surface area contributed by atoms with Crippen molar-refractivity contribution in [3.05, 3.63) is 72.0 Å². The van der Waals surface area contributed by atoms with Crippen LogP contribution < -0.4 is 43.4 Å². The van der Waals surface area contributed by atoms with Crippen LogP contribution in [0, 0.1) is 23.7 Å². The number of carboxylic acid groups (broad SMARTS) is 1. The first-order chi connectivity index (χ1) is 33.8. The number of aliphatic imine (C=N–C) groups is 1. The number of guanidine groups is 1. The molecule has 1 fully saturated rings. The number of carbonyl (C=O) groups excluding carboxylic acids is 8. The molecular weight excluding hydrogens is 933 g/mol. The van der Waals surface area contributed by atoms with Gasteiger partial charge >= 0.3 is 11.9 Å². The highest BCUT2D eigenvalue weighted by molar-refractivity contribution is 6.00. The van der Waals surface area contributed by atoms with Crippen molar-refractivity contribution >= 4 is 59.2 Å². The molecule has 0 bridgehead atoms. The molecule has 1 aromatic carbocycles. The van der Waals surface area contributed by atoms with Crippen LogP contribution in [0.15, 0.2) is 71.4 Å². The monoisotopic (exact) mass is 1010 g/mol. The van der Waals surface area contributed by atoms with Crippen molar-refractivity contribution in [3.63, 3.8) is 0 Å². The molecule has 0 aromatic heterocycles. The number of amides is 7. The van der Waals surface area contributed by atoms with Crippen molar-refractivity contribution in [2.24, 2.45) is 40.1 Å². The van der Waals surface area contributed by atoms with E-state index in [4.69, 9.17) is 20.9 Å². The molecule has 72 heavy (non-hydrogen) atoms. The number of nitrogens with two attached hydrogens (primary N) is 2. The van der Waals surface area contributed by atoms with Gasteiger partial charge in [0.25, 0.3) is 5.91 Å². The Morgan fingerprint density at radius 1 is 0.861 bits per heavy atom. The zero-order chi connectivity index (χ0) is 54.4. The Balaban J connectivity index is 2.76. The first-order valence-corrected chi connectivity index (χ1v) is 23.9. The summed E-state index contributed by atoms with van der Waals surface area (Å²) < 4.78 is 10.8. The molecule has 398 valence electrons. The van der Waals surface area contributed by atoms with Crippen LogP contribution in [0.2, 0.25) is 0 Å². The summed E-state index contributed by atoms with van der Waals surface area (Å²) in [5.74, 6) is -11.6. The van der Waals surface area contributed by atoms with Gasteiger partial charge in [0.05, 0.1) is 31.1 Å². The molecule has 7 amide bonds. The van der Waals surface area contributed by atoms with Crippen molar-refractivity contribution in [1.29, 1.82) is 0 Å². The summed E-state index contributed by atoms with van der Waals surface area (Å²) >= 11 is 0. The number of methoxy groups -OCH3 is 2. The van der Waals surface area contributed by atoms with Gasteiger partial charge in [-0.15, -0.1) is 0 Å². The predicted molar refractivity (Wildman–Crippen MR) is 269 cm³/mol. The fourth-order valence-electron chi connectivity index (χ4n) is 7.59. The number of benzene rings is 1. The number of ether oxygens (including phenoxy) is 2. The summed E-state index contributed by atoms with van der Waals surface area (Å²) in [5.41, 5.74) is 12.5. The summed E-state index contributed by atoms with van der Waals surface area (Å²) in [6.07, 6.45) is 5.02. The average Bonchev–Trinajstić information content (AvgIpc) is 3.33. The Morgan fingerprint density at radius 3 is 2.06 bits per heavy atom. The van der Waals surface area contributed by atoms with Crippen molar-refractivity contribution in [2.45, 2.75) is 129 Å². The maximum Gasteiger partial charge on any atom is 0.328 e. The number of likely N-dealkylation sites (N-methyl/N-ethyl adjacent to an activating group) is 1. The summed E-state index contributed by atoms with van der Waals surface area (Å²) in [6.45, 7) is 15.1. The Labute approximate surface area is 422 Å². The van der Waals surface area contributed by atoms with Crippen LogP contribution in [0.5, 0.6) is 0 Å². The van der Waals surface area contributed by atoms with E-state index in [1.54, 1.807) is 33.1 Å². The van der Waals surface area contributed by atoms with Gasteiger partial charge in [-0.2, -0.15) is 0 Å². The molecule has 1 saturated heterocycles. The average molecular weight is 1010 g/mol. The van der Waals surface area contributed by atoms with Crippen LogP contribution in [-0.2, 0) is 59.0 Å². The van der Waals surface area contributed by atoms with Gasteiger partial charge in [-0.25, -0.2) is 9.59 Å². The van der Waals surface area contributed by atoms with E-state index in [1.807, 2.05) is 50.3 Å². The summed E-state index contributed by atoms with van der Waals surface area (Å²) in [4.78, 5) is 127. The van der Waals surface area contributed by atoms with Crippen molar-refractivity contribution in [1.82, 2.24) is 36.8 Å². The highest BCUT2D eigenvalue weighted by Crippen LogP contribution is 2.19. The second kappa shape index (κ2) is 29.9. The molecule has 0 aliphatic carbocycles. The number of allylic oxidation sites excluding steroid dienone is 2. The normalized spacial score (nSPS) is 25.1. The number of hydrogen-bond donors (Lipinski definition) is 9. The van der Waals surface area contributed by atoms with Crippen LogP contribution in [0.3, 0.4) is 0 Å². The van der Waals surface area contributed by atoms with Gasteiger partial charge in [0.1, 0.15) is 35.9 Å². The zero-order valence-electron chi connectivity index (χ0n) is 43.1. The van der Waals surface area contributed by atoms with E-state index in [1.165, 1.54) is 27.8 Å². The summed E-state index contributed by atoms with van der Waals surface area (Å²) in [5, 5.41) is 25.7. The van der Waals surface area contributed by atoms with Gasteiger partial charge in [-0.1, -0.05) is 95.3 Å². The lowest BCUT2D eigenvalue weighted by Crippen LogP contribution is -2.59. The van der Waals surface area contributed by atoms with E-state index in [-0.39, 0.29) is 61.8 Å². The molecule has 0 spiro atoms. The SMILES string of the molecule is C=C1C(=O)NC(C)C(=O)NC(CC(C)C)C(=O)NC(C(=O)O)C(C)C(=O)NC(CCCN=C(N)N)C(=O)NC(C=CC(C)=CC(C)C(Cc2ccccc2)OC)C(C)C(=O)NC(C(=O)OC)CCC(=O)N1C. The highest BCUT2D eigenvalue weighted by Gasteiger charge is 2.37. The maximum absolute atomic E-state index is 14.4. The topological polar surface area (TPSA) is 332 Å². The molecule has 22 nitrogen and oxygen atoms in total. The van der Waals surface area contributed by atoms with Gasteiger partial charge in [0.15, 0.2) is 5.96 Å². The van der Waals surface area contributed by atoms with Gasteiger partial charge in [0.2, 0.25) is 35.4 Å². The molecule has 2 rings (SSSR count). The molecule has 10 atom stereocenters. The van der Waals surface area contributed by atoms with E-state index in [0.29, 0.717) is 6.42 Å². The molecule has 0 radical (unpaired) electrons. The van der Waals surface area contributed by atoms with E-state index in [2.05, 4.69) is 43.5 Å². The summed E-state index contributed by atoms with van der Waals surface area (Å²) in [7, 11) is 3.97. The molecule has 1 aliphatic heterocycles. The van der Waals surface area contributed by atoms with Crippen LogP contribution in [0.25, 0.3) is 0 Å². The number of nitrogens with one attached hydrogen (secondary N) is 6. The molecule has 1 aromatic rings. The number of rotatable bonds is 15. The lowest BCUT2D eigenvalue weighted by Gasteiger charge is -2.28. The molecule has 0 saturated carbocycles. The lowest BCUT2D eigenvalue weighted by atomic mass is 9.94. The molecule has 1 heterocycles. The zero-order valence-corrected chi connectivity index (χ0v) is 43.1. The van der Waals surface area contributed by atoms with Gasteiger partial charge < -0.3 is 62.8 Å². The third kappa shape index (κ3) is 20.0. The van der Waals surface area contributed by atoms with Gasteiger partial charge in [-0.05, 0) is 57.4 Å². The molecule has 22 heteroatoms. The number of carbonyl (C=O) groups is 9. The van der Waals surface area contributed by atoms with E-state index >= 15 is 0 Å². The molecule has 10 unspecified atom stereocenters. The first-order valence-electron chi connectivity index (χ1n) is 23.9.